The highest BCUT2D eigenvalue weighted by Gasteiger charge is 2.21. The van der Waals surface area contributed by atoms with Crippen LogP contribution in [-0.2, 0) is 0 Å². The Hall–Kier alpha value is -0.940. The molecule has 0 spiro atoms. The minimum atomic E-state index is -0.568. The van der Waals surface area contributed by atoms with Crippen LogP contribution in [0.4, 0.5) is 4.39 Å². The molecule has 0 fully saturated rings. The molecule has 17 heavy (non-hydrogen) atoms. The van der Waals surface area contributed by atoms with E-state index in [2.05, 4.69) is 15.9 Å². The number of carbonyl (C=O) groups is 1. The molecule has 1 aromatic carbocycles. The molecule has 0 heterocycles. The number of carbonyl (C=O) groups excluding carboxylic acids is 1. The van der Waals surface area contributed by atoms with Crippen molar-refractivity contribution in [1.29, 1.82) is 0 Å². The third-order valence-electron chi connectivity index (χ3n) is 2.41. The highest BCUT2D eigenvalue weighted by atomic mass is 79.9. The Morgan fingerprint density at radius 3 is 2.71 bits per heavy atom. The first-order valence-corrected chi connectivity index (χ1v) is 6.14. The van der Waals surface area contributed by atoms with Gasteiger partial charge in [-0.25, -0.2) is 4.39 Å². The Morgan fingerprint density at radius 1 is 1.53 bits per heavy atom. The van der Waals surface area contributed by atoms with E-state index >= 15 is 0 Å². The summed E-state index contributed by atoms with van der Waals surface area (Å²) < 4.78 is 14.0. The van der Waals surface area contributed by atoms with E-state index in [-0.39, 0.29) is 29.2 Å². The van der Waals surface area contributed by atoms with Gasteiger partial charge < -0.3 is 10.0 Å². The van der Waals surface area contributed by atoms with Crippen LogP contribution >= 0.6 is 15.9 Å². The Kier molecular flexibility index (Phi) is 5.08. The Morgan fingerprint density at radius 2 is 2.18 bits per heavy atom. The lowest BCUT2D eigenvalue weighted by molar-refractivity contribution is 0.0660. The molecule has 1 amide bonds. The molecule has 0 atom stereocenters. The molecule has 1 N–H and O–H groups in total. The van der Waals surface area contributed by atoms with Crippen molar-refractivity contribution in [2.75, 3.05) is 13.2 Å². The van der Waals surface area contributed by atoms with Crippen LogP contribution in [0.15, 0.2) is 22.7 Å². The summed E-state index contributed by atoms with van der Waals surface area (Å²) in [5.41, 5.74) is 0.0153. The number of aliphatic hydroxyl groups is 1. The highest BCUT2D eigenvalue weighted by Crippen LogP contribution is 2.20. The first-order valence-electron chi connectivity index (χ1n) is 5.35. The van der Waals surface area contributed by atoms with Gasteiger partial charge in [-0.3, -0.25) is 4.79 Å². The second-order valence-electron chi connectivity index (χ2n) is 3.92. The van der Waals surface area contributed by atoms with Crippen LogP contribution in [0, 0.1) is 5.82 Å². The summed E-state index contributed by atoms with van der Waals surface area (Å²) >= 11 is 3.04. The monoisotopic (exact) mass is 303 g/mol. The lowest BCUT2D eigenvalue weighted by Gasteiger charge is -2.26. The summed E-state index contributed by atoms with van der Waals surface area (Å²) in [6.07, 6.45) is 0. The van der Waals surface area contributed by atoms with Crippen LogP contribution in [0.5, 0.6) is 0 Å². The minimum Gasteiger partial charge on any atom is -0.395 e. The van der Waals surface area contributed by atoms with Crippen molar-refractivity contribution in [1.82, 2.24) is 4.90 Å². The van der Waals surface area contributed by atoms with Crippen LogP contribution in [0.2, 0.25) is 0 Å². The van der Waals surface area contributed by atoms with E-state index in [4.69, 9.17) is 5.11 Å². The SMILES string of the molecule is CC(C)N(CCO)C(=O)c1cccc(Br)c1F. The zero-order valence-electron chi connectivity index (χ0n) is 9.78. The molecule has 0 unspecified atom stereocenters. The highest BCUT2D eigenvalue weighted by molar-refractivity contribution is 9.10. The molecule has 0 bridgehead atoms. The first-order chi connectivity index (χ1) is 7.99. The lowest BCUT2D eigenvalue weighted by Crippen LogP contribution is -2.39. The second kappa shape index (κ2) is 6.12. The van der Waals surface area contributed by atoms with Gasteiger partial charge in [0.1, 0.15) is 5.82 Å². The zero-order chi connectivity index (χ0) is 13.0. The number of hydrogen-bond donors (Lipinski definition) is 1. The van der Waals surface area contributed by atoms with Gasteiger partial charge in [0.2, 0.25) is 0 Å². The van der Waals surface area contributed by atoms with E-state index in [1.54, 1.807) is 6.07 Å². The lowest BCUT2D eigenvalue weighted by atomic mass is 10.1. The summed E-state index contributed by atoms with van der Waals surface area (Å²) in [6.45, 7) is 3.70. The molecule has 1 aromatic rings. The molecule has 94 valence electrons. The summed E-state index contributed by atoms with van der Waals surface area (Å²) in [5, 5.41) is 8.91. The average molecular weight is 304 g/mol. The van der Waals surface area contributed by atoms with E-state index in [1.807, 2.05) is 13.8 Å². The molecule has 5 heteroatoms. The minimum absolute atomic E-state index is 0.0153. The topological polar surface area (TPSA) is 40.5 Å². The van der Waals surface area contributed by atoms with Crippen molar-refractivity contribution in [2.45, 2.75) is 19.9 Å². The summed E-state index contributed by atoms with van der Waals surface area (Å²) in [5.74, 6) is -0.978. The maximum atomic E-state index is 13.8. The van der Waals surface area contributed by atoms with Crippen LogP contribution in [-0.4, -0.2) is 35.1 Å². The van der Waals surface area contributed by atoms with Crippen LogP contribution in [0.3, 0.4) is 0 Å². The van der Waals surface area contributed by atoms with Gasteiger partial charge in [-0.15, -0.1) is 0 Å². The van der Waals surface area contributed by atoms with E-state index in [1.165, 1.54) is 17.0 Å². The van der Waals surface area contributed by atoms with Gasteiger partial charge in [-0.1, -0.05) is 6.07 Å². The van der Waals surface area contributed by atoms with E-state index < -0.39 is 11.7 Å². The smallest absolute Gasteiger partial charge is 0.257 e. The maximum absolute atomic E-state index is 13.8. The fourth-order valence-corrected chi connectivity index (χ4v) is 1.89. The predicted molar refractivity (Wildman–Crippen MR) is 67.4 cm³/mol. The number of halogens is 2. The number of benzene rings is 1. The third-order valence-corrected chi connectivity index (χ3v) is 3.02. The van der Waals surface area contributed by atoms with Gasteiger partial charge in [-0.2, -0.15) is 0 Å². The molecule has 1 rings (SSSR count). The van der Waals surface area contributed by atoms with Crippen molar-refractivity contribution in [3.8, 4) is 0 Å². The standard InChI is InChI=1S/C12H15BrFNO2/c1-8(2)15(6-7-16)12(17)9-4-3-5-10(13)11(9)14/h3-5,8,16H,6-7H2,1-2H3. The summed E-state index contributed by atoms with van der Waals surface area (Å²) in [7, 11) is 0. The Bertz CT molecular complexity index is 409. The van der Waals surface area contributed by atoms with Crippen molar-refractivity contribution in [3.63, 3.8) is 0 Å². The molecule has 0 saturated heterocycles. The fourth-order valence-electron chi connectivity index (χ4n) is 1.53. The van der Waals surface area contributed by atoms with Crippen molar-refractivity contribution >= 4 is 21.8 Å². The number of aliphatic hydroxyl groups excluding tert-OH is 1. The second-order valence-corrected chi connectivity index (χ2v) is 4.77. The molecule has 0 saturated carbocycles. The van der Waals surface area contributed by atoms with Crippen molar-refractivity contribution < 1.29 is 14.3 Å². The average Bonchev–Trinajstić information content (AvgIpc) is 2.28. The zero-order valence-corrected chi connectivity index (χ0v) is 11.4. The van der Waals surface area contributed by atoms with Gasteiger partial charge >= 0.3 is 0 Å². The number of amides is 1. The molecule has 0 aromatic heterocycles. The third kappa shape index (κ3) is 3.26. The van der Waals surface area contributed by atoms with E-state index in [0.717, 1.165) is 0 Å². The number of nitrogens with zero attached hydrogens (tertiary/aromatic N) is 1. The molecule has 0 aliphatic heterocycles. The van der Waals surface area contributed by atoms with Crippen molar-refractivity contribution in [3.05, 3.63) is 34.1 Å². The molecule has 0 aliphatic rings. The summed E-state index contributed by atoms with van der Waals surface area (Å²) in [6, 6.07) is 4.50. The first kappa shape index (κ1) is 14.1. The Balaban J connectivity index is 3.05. The van der Waals surface area contributed by atoms with Gasteiger partial charge in [0.15, 0.2) is 0 Å². The molecular weight excluding hydrogens is 289 g/mol. The molecular formula is C12H15BrFNO2. The predicted octanol–water partition coefficient (Wildman–Crippen LogP) is 2.43. The fraction of sp³-hybridized carbons (Fsp3) is 0.417. The van der Waals surface area contributed by atoms with Crippen LogP contribution < -0.4 is 0 Å². The van der Waals surface area contributed by atoms with Crippen molar-refractivity contribution in [2.24, 2.45) is 0 Å². The van der Waals surface area contributed by atoms with Crippen LogP contribution in [0.1, 0.15) is 24.2 Å². The number of rotatable bonds is 4. The van der Waals surface area contributed by atoms with Gasteiger partial charge in [0.05, 0.1) is 16.6 Å². The number of hydrogen-bond acceptors (Lipinski definition) is 2. The summed E-state index contributed by atoms with van der Waals surface area (Å²) in [4.78, 5) is 13.5. The Labute approximate surface area is 108 Å². The van der Waals surface area contributed by atoms with Crippen LogP contribution in [0.25, 0.3) is 0 Å². The maximum Gasteiger partial charge on any atom is 0.257 e. The largest absolute Gasteiger partial charge is 0.395 e. The van der Waals surface area contributed by atoms with E-state index in [0.29, 0.717) is 0 Å². The van der Waals surface area contributed by atoms with Gasteiger partial charge in [-0.05, 0) is 41.9 Å². The van der Waals surface area contributed by atoms with E-state index in [9.17, 15) is 9.18 Å². The molecule has 0 aliphatic carbocycles. The quantitative estimate of drug-likeness (QED) is 0.928. The molecule has 3 nitrogen and oxygen atoms in total. The van der Waals surface area contributed by atoms with Gasteiger partial charge in [0, 0.05) is 12.6 Å². The molecule has 0 radical (unpaired) electrons. The van der Waals surface area contributed by atoms with Gasteiger partial charge in [0.25, 0.3) is 5.91 Å². The normalized spacial score (nSPS) is 10.7.